The van der Waals surface area contributed by atoms with E-state index in [1.807, 2.05) is 18.2 Å². The van der Waals surface area contributed by atoms with Gasteiger partial charge >= 0.3 is 0 Å². The average molecular weight is 305 g/mol. The second kappa shape index (κ2) is 5.25. The zero-order valence-corrected chi connectivity index (χ0v) is 12.5. The van der Waals surface area contributed by atoms with E-state index >= 15 is 0 Å². The van der Waals surface area contributed by atoms with E-state index in [0.717, 1.165) is 10.4 Å². The maximum absolute atomic E-state index is 11.9. The normalized spacial score (nSPS) is 17.0. The first kappa shape index (κ1) is 13.7. The molecule has 0 bridgehead atoms. The first-order chi connectivity index (χ1) is 10.1. The van der Waals surface area contributed by atoms with Gasteiger partial charge in [0.1, 0.15) is 5.82 Å². The minimum absolute atomic E-state index is 0.0809. The summed E-state index contributed by atoms with van der Waals surface area (Å²) in [7, 11) is 3.18. The van der Waals surface area contributed by atoms with E-state index in [9.17, 15) is 4.79 Å². The maximum Gasteiger partial charge on any atom is 0.226 e. The fraction of sp³-hybridized carbons (Fsp3) is 0.286. The first-order valence-electron chi connectivity index (χ1n) is 6.41. The van der Waals surface area contributed by atoms with Gasteiger partial charge in [0.05, 0.1) is 19.1 Å². The molecule has 1 atom stereocenters. The van der Waals surface area contributed by atoms with Gasteiger partial charge in [-0.05, 0) is 6.07 Å². The van der Waals surface area contributed by atoms with E-state index in [0.29, 0.717) is 28.9 Å². The number of fused-ring (bicyclic) bond motifs is 1. The predicted octanol–water partition coefficient (Wildman–Crippen LogP) is 2.22. The lowest BCUT2D eigenvalue weighted by molar-refractivity contribution is -0.116. The van der Waals surface area contributed by atoms with Crippen molar-refractivity contribution in [1.29, 1.82) is 0 Å². The van der Waals surface area contributed by atoms with Crippen molar-refractivity contribution < 1.29 is 14.3 Å². The molecule has 21 heavy (non-hydrogen) atoms. The Bertz CT molecular complexity index is 699. The van der Waals surface area contributed by atoms with Crippen LogP contribution in [0.4, 0.5) is 10.9 Å². The van der Waals surface area contributed by atoms with Gasteiger partial charge in [-0.15, -0.1) is 0 Å². The van der Waals surface area contributed by atoms with Gasteiger partial charge < -0.3 is 20.5 Å². The molecule has 6 nitrogen and oxygen atoms in total. The Morgan fingerprint density at radius 2 is 2.19 bits per heavy atom. The van der Waals surface area contributed by atoms with Crippen LogP contribution in [-0.2, 0) is 4.79 Å². The van der Waals surface area contributed by atoms with E-state index in [2.05, 4.69) is 10.3 Å². The van der Waals surface area contributed by atoms with E-state index in [-0.39, 0.29) is 11.8 Å². The lowest BCUT2D eigenvalue weighted by Crippen LogP contribution is -2.23. The van der Waals surface area contributed by atoms with Crippen LogP contribution in [0.1, 0.15) is 22.8 Å². The molecule has 0 saturated heterocycles. The van der Waals surface area contributed by atoms with Gasteiger partial charge in [0.15, 0.2) is 16.6 Å². The van der Waals surface area contributed by atoms with Gasteiger partial charge in [-0.25, -0.2) is 4.98 Å². The molecule has 0 unspecified atom stereocenters. The number of methoxy groups -OCH3 is 2. The number of nitrogen functional groups attached to an aromatic ring is 1. The fourth-order valence-corrected chi connectivity index (χ4v) is 3.48. The molecule has 0 fully saturated rings. The van der Waals surface area contributed by atoms with E-state index < -0.39 is 0 Å². The molecule has 1 aliphatic heterocycles. The first-order valence-corrected chi connectivity index (χ1v) is 7.22. The van der Waals surface area contributed by atoms with Crippen molar-refractivity contribution in [2.45, 2.75) is 12.3 Å². The Hall–Kier alpha value is -2.28. The average Bonchev–Trinajstić information content (AvgIpc) is 2.85. The number of nitrogens with two attached hydrogens (primary N) is 1. The highest BCUT2D eigenvalue weighted by molar-refractivity contribution is 7.16. The van der Waals surface area contributed by atoms with Crippen molar-refractivity contribution in [1.82, 2.24) is 4.98 Å². The van der Waals surface area contributed by atoms with E-state index in [1.54, 1.807) is 14.2 Å². The molecule has 0 aliphatic carbocycles. The number of carbonyl (C=O) groups excluding carboxylic acids is 1. The third-order valence-electron chi connectivity index (χ3n) is 3.44. The minimum Gasteiger partial charge on any atom is -0.493 e. The summed E-state index contributed by atoms with van der Waals surface area (Å²) in [5, 5.41) is 3.19. The minimum atomic E-state index is -0.131. The number of nitrogens with one attached hydrogen (secondary N) is 1. The van der Waals surface area contributed by atoms with Crippen LogP contribution in [0.25, 0.3) is 0 Å². The number of anilines is 2. The molecule has 2 aromatic rings. The third kappa shape index (κ3) is 2.29. The topological polar surface area (TPSA) is 86.5 Å². The highest BCUT2D eigenvalue weighted by Crippen LogP contribution is 2.46. The second-order valence-corrected chi connectivity index (χ2v) is 5.71. The van der Waals surface area contributed by atoms with Crippen molar-refractivity contribution in [3.63, 3.8) is 0 Å². The van der Waals surface area contributed by atoms with Gasteiger partial charge in [0.25, 0.3) is 0 Å². The third-order valence-corrected chi connectivity index (χ3v) is 4.44. The van der Waals surface area contributed by atoms with Gasteiger partial charge in [-0.2, -0.15) is 0 Å². The summed E-state index contributed by atoms with van der Waals surface area (Å²) >= 11 is 1.38. The van der Waals surface area contributed by atoms with Crippen LogP contribution in [0.2, 0.25) is 0 Å². The van der Waals surface area contributed by atoms with Crippen molar-refractivity contribution in [3.05, 3.63) is 28.6 Å². The Morgan fingerprint density at radius 3 is 2.90 bits per heavy atom. The van der Waals surface area contributed by atoms with Gasteiger partial charge in [-0.1, -0.05) is 23.5 Å². The van der Waals surface area contributed by atoms with Crippen LogP contribution in [-0.4, -0.2) is 25.1 Å². The van der Waals surface area contributed by atoms with E-state index in [4.69, 9.17) is 15.2 Å². The number of rotatable bonds is 3. The fourth-order valence-electron chi connectivity index (χ4n) is 2.57. The Labute approximate surface area is 125 Å². The summed E-state index contributed by atoms with van der Waals surface area (Å²) in [5.74, 6) is 1.61. The molecule has 0 radical (unpaired) electrons. The number of nitrogens with zero attached hydrogens (tertiary/aromatic N) is 1. The molecule has 2 heterocycles. The second-order valence-electron chi connectivity index (χ2n) is 4.65. The van der Waals surface area contributed by atoms with Crippen LogP contribution < -0.4 is 20.5 Å². The Morgan fingerprint density at radius 1 is 1.38 bits per heavy atom. The molecule has 110 valence electrons. The van der Waals surface area contributed by atoms with Crippen molar-refractivity contribution >= 4 is 28.2 Å². The van der Waals surface area contributed by atoms with Crippen LogP contribution in [0.5, 0.6) is 11.5 Å². The number of aromatic nitrogens is 1. The van der Waals surface area contributed by atoms with Crippen molar-refractivity contribution in [2.75, 3.05) is 25.3 Å². The molecular weight excluding hydrogens is 290 g/mol. The summed E-state index contributed by atoms with van der Waals surface area (Å²) in [6.45, 7) is 0. The number of hydrogen-bond donors (Lipinski definition) is 2. The SMILES string of the molecule is COc1cccc([C@H]2CC(=O)Nc3nc(N)sc32)c1OC. The summed E-state index contributed by atoms with van der Waals surface area (Å²) in [6.07, 6.45) is 0.332. The number of amides is 1. The van der Waals surface area contributed by atoms with Crippen LogP contribution in [0, 0.1) is 0 Å². The highest BCUT2D eigenvalue weighted by atomic mass is 32.1. The van der Waals surface area contributed by atoms with Gasteiger partial charge in [-0.3, -0.25) is 4.79 Å². The number of ether oxygens (including phenoxy) is 2. The summed E-state index contributed by atoms with van der Waals surface area (Å²) in [6, 6.07) is 5.64. The summed E-state index contributed by atoms with van der Waals surface area (Å²) < 4.78 is 10.8. The molecule has 3 rings (SSSR count). The number of benzene rings is 1. The van der Waals surface area contributed by atoms with E-state index in [1.165, 1.54) is 11.3 Å². The van der Waals surface area contributed by atoms with Crippen LogP contribution in [0.15, 0.2) is 18.2 Å². The molecule has 0 saturated carbocycles. The molecule has 1 aliphatic rings. The summed E-state index contributed by atoms with van der Waals surface area (Å²) in [4.78, 5) is 17.0. The molecule has 3 N–H and O–H groups in total. The highest BCUT2D eigenvalue weighted by Gasteiger charge is 2.32. The zero-order valence-electron chi connectivity index (χ0n) is 11.7. The number of hydrogen-bond acceptors (Lipinski definition) is 6. The van der Waals surface area contributed by atoms with Crippen molar-refractivity contribution in [2.24, 2.45) is 0 Å². The smallest absolute Gasteiger partial charge is 0.226 e. The standard InChI is InChI=1S/C14H15N3O3S/c1-19-9-5-3-4-7(11(9)20-2)8-6-10(18)16-13-12(8)21-14(15)17-13/h3-5,8H,6H2,1-2H3,(H2,15,17)(H,16,18)/t8-/m1/s1. The lowest BCUT2D eigenvalue weighted by atomic mass is 9.90. The molecule has 1 aromatic heterocycles. The quantitative estimate of drug-likeness (QED) is 0.908. The molecule has 7 heteroatoms. The number of carbonyl (C=O) groups is 1. The molecular formula is C14H15N3O3S. The monoisotopic (exact) mass is 305 g/mol. The largest absolute Gasteiger partial charge is 0.493 e. The Balaban J connectivity index is 2.14. The van der Waals surface area contributed by atoms with Crippen LogP contribution in [0.3, 0.4) is 0 Å². The lowest BCUT2D eigenvalue weighted by Gasteiger charge is -2.24. The predicted molar refractivity (Wildman–Crippen MR) is 81.2 cm³/mol. The van der Waals surface area contributed by atoms with Gasteiger partial charge in [0, 0.05) is 17.9 Å². The van der Waals surface area contributed by atoms with Crippen molar-refractivity contribution in [3.8, 4) is 11.5 Å². The summed E-state index contributed by atoms with van der Waals surface area (Å²) in [5.41, 5.74) is 6.67. The number of para-hydroxylation sites is 1. The maximum atomic E-state index is 11.9. The molecule has 0 spiro atoms. The zero-order chi connectivity index (χ0) is 15.0. The number of thiazole rings is 1. The molecule has 1 amide bonds. The van der Waals surface area contributed by atoms with Gasteiger partial charge in [0.2, 0.25) is 5.91 Å². The van der Waals surface area contributed by atoms with Crippen LogP contribution >= 0.6 is 11.3 Å². The molecule has 1 aromatic carbocycles. The Kier molecular flexibility index (Phi) is 3.42.